The summed E-state index contributed by atoms with van der Waals surface area (Å²) in [6.07, 6.45) is 18.9. The van der Waals surface area contributed by atoms with Crippen LogP contribution in [0.5, 0.6) is 0 Å². The Hall–Kier alpha value is -3.00. The molecule has 5 aliphatic rings. The Balaban J connectivity index is 1.11. The first kappa shape index (κ1) is 21.8. The molecule has 2 N–H and O–H groups in total. The SMILES string of the molecule is CC1C=C(C(=O)NCC2=CN3C=C(CNCC4CC(F)(F)C4)C=CC3C2)N=C2C=CC=CN21. The van der Waals surface area contributed by atoms with Crippen molar-refractivity contribution < 1.29 is 13.6 Å². The van der Waals surface area contributed by atoms with E-state index in [4.69, 9.17) is 0 Å². The standard InChI is InChI=1S/C25H29F2N5O/c1-17-8-22(30-23-4-2-3-7-32(17)23)24(33)29-14-19-9-21-6-5-18(15-31(21)16-19)12-28-13-20-10-25(26,27)11-20/h2-8,15-17,20-21,28H,9-14H2,1H3,(H,29,33). The molecule has 0 spiro atoms. The van der Waals surface area contributed by atoms with E-state index in [0.717, 1.165) is 23.4 Å². The third-order valence-electron chi connectivity index (χ3n) is 6.62. The average molecular weight is 454 g/mol. The quantitative estimate of drug-likeness (QED) is 0.622. The van der Waals surface area contributed by atoms with Gasteiger partial charge in [-0.1, -0.05) is 18.2 Å². The van der Waals surface area contributed by atoms with Crippen LogP contribution in [0.2, 0.25) is 0 Å². The van der Waals surface area contributed by atoms with Crippen LogP contribution < -0.4 is 10.6 Å². The van der Waals surface area contributed by atoms with Gasteiger partial charge in [-0.3, -0.25) is 4.79 Å². The number of hydrogen-bond acceptors (Lipinski definition) is 5. The van der Waals surface area contributed by atoms with Gasteiger partial charge < -0.3 is 20.4 Å². The number of halogens is 2. The zero-order valence-corrected chi connectivity index (χ0v) is 18.7. The molecule has 0 aromatic rings. The average Bonchev–Trinajstić information content (AvgIpc) is 3.18. The van der Waals surface area contributed by atoms with Gasteiger partial charge in [0.15, 0.2) is 0 Å². The first-order valence-corrected chi connectivity index (χ1v) is 11.5. The van der Waals surface area contributed by atoms with Crippen molar-refractivity contribution in [1.29, 1.82) is 0 Å². The number of allylic oxidation sites excluding steroid dienone is 2. The number of fused-ring (bicyclic) bond motifs is 2. The van der Waals surface area contributed by atoms with Crippen molar-refractivity contribution in [3.63, 3.8) is 0 Å². The highest BCUT2D eigenvalue weighted by Crippen LogP contribution is 2.41. The minimum Gasteiger partial charge on any atom is -0.347 e. The molecule has 1 saturated carbocycles. The Labute approximate surface area is 192 Å². The summed E-state index contributed by atoms with van der Waals surface area (Å²) in [7, 11) is 0. The van der Waals surface area contributed by atoms with Crippen molar-refractivity contribution in [2.24, 2.45) is 10.9 Å². The Kier molecular flexibility index (Phi) is 5.78. The monoisotopic (exact) mass is 453 g/mol. The largest absolute Gasteiger partial charge is 0.347 e. The normalized spacial score (nSPS) is 27.2. The molecule has 0 aromatic carbocycles. The van der Waals surface area contributed by atoms with Crippen LogP contribution in [0.3, 0.4) is 0 Å². The fourth-order valence-corrected chi connectivity index (χ4v) is 4.84. The smallest absolute Gasteiger partial charge is 0.269 e. The summed E-state index contributed by atoms with van der Waals surface area (Å²) in [4.78, 5) is 21.4. The first-order chi connectivity index (χ1) is 15.9. The predicted molar refractivity (Wildman–Crippen MR) is 124 cm³/mol. The van der Waals surface area contributed by atoms with Crippen molar-refractivity contribution in [3.8, 4) is 0 Å². The van der Waals surface area contributed by atoms with E-state index in [-0.39, 0.29) is 36.8 Å². The van der Waals surface area contributed by atoms with E-state index in [9.17, 15) is 13.6 Å². The van der Waals surface area contributed by atoms with Gasteiger partial charge in [-0.2, -0.15) is 0 Å². The van der Waals surface area contributed by atoms with E-state index in [1.54, 1.807) is 0 Å². The lowest BCUT2D eigenvalue weighted by molar-refractivity contribution is -0.117. The third-order valence-corrected chi connectivity index (χ3v) is 6.62. The summed E-state index contributed by atoms with van der Waals surface area (Å²) < 4.78 is 25.9. The van der Waals surface area contributed by atoms with Crippen molar-refractivity contribution in [3.05, 3.63) is 71.9 Å². The molecular weight excluding hydrogens is 424 g/mol. The lowest BCUT2D eigenvalue weighted by atomic mass is 9.81. The van der Waals surface area contributed by atoms with Crippen LogP contribution in [-0.2, 0) is 4.79 Å². The number of amides is 1. The number of aliphatic imine (C=N–C) groups is 1. The lowest BCUT2D eigenvalue weighted by Crippen LogP contribution is -2.41. The van der Waals surface area contributed by atoms with Gasteiger partial charge in [-0.05, 0) is 55.2 Å². The van der Waals surface area contributed by atoms with Gasteiger partial charge in [-0.15, -0.1) is 0 Å². The van der Waals surface area contributed by atoms with Crippen molar-refractivity contribution in [2.75, 3.05) is 19.6 Å². The zero-order valence-electron chi connectivity index (χ0n) is 18.7. The van der Waals surface area contributed by atoms with Crippen LogP contribution in [0.4, 0.5) is 8.78 Å². The highest BCUT2D eigenvalue weighted by atomic mass is 19.3. The Morgan fingerprint density at radius 1 is 1.21 bits per heavy atom. The summed E-state index contributed by atoms with van der Waals surface area (Å²) in [6, 6.07) is 0.329. The molecule has 0 bridgehead atoms. The molecule has 0 radical (unpaired) electrons. The molecule has 4 heterocycles. The summed E-state index contributed by atoms with van der Waals surface area (Å²) in [6.45, 7) is 3.80. The second-order valence-electron chi connectivity index (χ2n) is 9.38. The molecule has 2 atom stereocenters. The lowest BCUT2D eigenvalue weighted by Gasteiger charge is -2.35. The summed E-state index contributed by atoms with van der Waals surface area (Å²) in [5, 5.41) is 6.31. The molecule has 1 aliphatic carbocycles. The van der Waals surface area contributed by atoms with Crippen LogP contribution in [0.25, 0.3) is 0 Å². The molecule has 8 heteroatoms. The van der Waals surface area contributed by atoms with E-state index in [1.807, 2.05) is 42.3 Å². The van der Waals surface area contributed by atoms with Gasteiger partial charge in [0.2, 0.25) is 5.92 Å². The fourth-order valence-electron chi connectivity index (χ4n) is 4.84. The van der Waals surface area contributed by atoms with Crippen LogP contribution >= 0.6 is 0 Å². The topological polar surface area (TPSA) is 60.0 Å². The maximum Gasteiger partial charge on any atom is 0.269 e. The van der Waals surface area contributed by atoms with E-state index >= 15 is 0 Å². The minimum absolute atomic E-state index is 0.00462. The molecule has 0 saturated heterocycles. The highest BCUT2D eigenvalue weighted by molar-refractivity contribution is 6.03. The maximum absolute atomic E-state index is 12.9. The predicted octanol–water partition coefficient (Wildman–Crippen LogP) is 3.22. The molecular formula is C25H29F2N5O. The molecule has 4 aliphatic heterocycles. The third kappa shape index (κ3) is 4.85. The number of nitrogens with zero attached hydrogens (tertiary/aromatic N) is 3. The number of rotatable bonds is 7. The van der Waals surface area contributed by atoms with E-state index in [0.29, 0.717) is 25.3 Å². The molecule has 174 valence electrons. The molecule has 2 unspecified atom stereocenters. The van der Waals surface area contributed by atoms with Crippen LogP contribution in [0.1, 0.15) is 26.2 Å². The number of carbonyl (C=O) groups excluding carboxylic acids is 1. The minimum atomic E-state index is -2.46. The van der Waals surface area contributed by atoms with Crippen LogP contribution in [-0.4, -0.2) is 59.2 Å². The first-order valence-electron chi connectivity index (χ1n) is 11.5. The molecule has 33 heavy (non-hydrogen) atoms. The van der Waals surface area contributed by atoms with E-state index in [2.05, 4.69) is 45.1 Å². The number of alkyl halides is 2. The Morgan fingerprint density at radius 3 is 2.88 bits per heavy atom. The fraction of sp³-hybridized carbons (Fsp3) is 0.440. The second kappa shape index (κ2) is 8.74. The molecule has 1 fully saturated rings. The van der Waals surface area contributed by atoms with Crippen molar-refractivity contribution >= 4 is 11.7 Å². The van der Waals surface area contributed by atoms with Crippen molar-refractivity contribution in [2.45, 2.75) is 44.2 Å². The second-order valence-corrected chi connectivity index (χ2v) is 9.38. The van der Waals surface area contributed by atoms with Gasteiger partial charge in [0.05, 0.1) is 12.1 Å². The van der Waals surface area contributed by atoms with Crippen molar-refractivity contribution in [1.82, 2.24) is 20.4 Å². The van der Waals surface area contributed by atoms with E-state index in [1.165, 1.54) is 0 Å². The highest BCUT2D eigenvalue weighted by Gasteiger charge is 2.44. The molecule has 1 amide bonds. The van der Waals surface area contributed by atoms with Crippen LogP contribution in [0, 0.1) is 5.92 Å². The Bertz CT molecular complexity index is 1030. The number of nitrogens with one attached hydrogen (secondary N) is 2. The van der Waals surface area contributed by atoms with Gasteiger partial charge in [-0.25, -0.2) is 13.8 Å². The summed E-state index contributed by atoms with van der Waals surface area (Å²) >= 11 is 0. The maximum atomic E-state index is 12.9. The zero-order chi connectivity index (χ0) is 23.0. The van der Waals surface area contributed by atoms with Gasteiger partial charge in [0, 0.05) is 44.5 Å². The van der Waals surface area contributed by atoms with Crippen LogP contribution in [0.15, 0.2) is 76.9 Å². The number of carbonyl (C=O) groups is 1. The summed E-state index contributed by atoms with van der Waals surface area (Å²) in [5.74, 6) is -1.78. The Morgan fingerprint density at radius 2 is 2.06 bits per heavy atom. The molecule has 6 nitrogen and oxygen atoms in total. The summed E-state index contributed by atoms with van der Waals surface area (Å²) in [5.41, 5.74) is 2.72. The number of hydrogen-bond donors (Lipinski definition) is 2. The molecule has 5 rings (SSSR count). The van der Waals surface area contributed by atoms with Gasteiger partial charge in [0.1, 0.15) is 11.5 Å². The van der Waals surface area contributed by atoms with Gasteiger partial charge >= 0.3 is 0 Å². The van der Waals surface area contributed by atoms with E-state index < -0.39 is 5.92 Å². The number of amidine groups is 1. The van der Waals surface area contributed by atoms with Gasteiger partial charge in [0.25, 0.3) is 5.91 Å². The molecule has 0 aromatic heterocycles.